The predicted molar refractivity (Wildman–Crippen MR) is 79.4 cm³/mol. The van der Waals surface area contributed by atoms with Gasteiger partial charge < -0.3 is 5.32 Å². The fourth-order valence-corrected chi connectivity index (χ4v) is 2.16. The number of carbonyl (C=O) groups excluding carboxylic acids is 1. The Labute approximate surface area is 116 Å². The van der Waals surface area contributed by atoms with Crippen LogP contribution in [0.3, 0.4) is 0 Å². The van der Waals surface area contributed by atoms with E-state index in [9.17, 15) is 4.79 Å². The van der Waals surface area contributed by atoms with Crippen LogP contribution >= 0.6 is 0 Å². The first-order valence-corrected chi connectivity index (χ1v) is 6.32. The molecule has 98 valence electrons. The number of carbonyl (C=O) groups is 1. The summed E-state index contributed by atoms with van der Waals surface area (Å²) in [4.78, 5) is 11.0. The van der Waals surface area contributed by atoms with E-state index in [0.29, 0.717) is 11.5 Å². The minimum absolute atomic E-state index is 0.357. The van der Waals surface area contributed by atoms with Crippen molar-refractivity contribution in [1.82, 2.24) is 10.2 Å². The average molecular weight is 263 g/mol. The van der Waals surface area contributed by atoms with E-state index in [4.69, 9.17) is 0 Å². The second-order valence-corrected chi connectivity index (χ2v) is 4.59. The van der Waals surface area contributed by atoms with Gasteiger partial charge in [-0.3, -0.25) is 4.79 Å². The normalized spacial score (nSPS) is 10.4. The maximum Gasteiger partial charge on any atom is 0.170 e. The van der Waals surface area contributed by atoms with Gasteiger partial charge in [-0.1, -0.05) is 36.4 Å². The number of nitrogens with zero attached hydrogens (tertiary/aromatic N) is 2. The van der Waals surface area contributed by atoms with Gasteiger partial charge in [0.05, 0.1) is 0 Å². The fourth-order valence-electron chi connectivity index (χ4n) is 2.16. The molecule has 0 unspecified atom stereocenters. The highest BCUT2D eigenvalue weighted by molar-refractivity contribution is 6.01. The summed E-state index contributed by atoms with van der Waals surface area (Å²) in [6, 6.07) is 15.6. The van der Waals surface area contributed by atoms with Gasteiger partial charge in [0.25, 0.3) is 0 Å². The molecule has 0 bridgehead atoms. The Bertz CT molecular complexity index is 784. The standard InChI is InChI=1S/C16H13N3O/c1-11-5-4-6-12(9-11)17-16-14-8-3-2-7-13(14)15(10-20)18-19-16/h2-10H,1H3,(H,17,19). The Morgan fingerprint density at radius 3 is 2.55 bits per heavy atom. The molecule has 1 heterocycles. The fraction of sp³-hybridized carbons (Fsp3) is 0.0625. The van der Waals surface area contributed by atoms with Crippen LogP contribution in [0.4, 0.5) is 11.5 Å². The molecule has 0 aliphatic rings. The molecule has 0 radical (unpaired) electrons. The monoisotopic (exact) mass is 263 g/mol. The minimum atomic E-state index is 0.357. The lowest BCUT2D eigenvalue weighted by molar-refractivity contribution is 0.112. The molecule has 0 saturated carbocycles. The number of aldehydes is 1. The zero-order valence-corrected chi connectivity index (χ0v) is 11.0. The molecule has 1 N–H and O–H groups in total. The van der Waals surface area contributed by atoms with Crippen molar-refractivity contribution in [3.05, 3.63) is 59.8 Å². The minimum Gasteiger partial charge on any atom is -0.338 e. The maximum atomic E-state index is 11.0. The molecule has 0 spiro atoms. The third-order valence-electron chi connectivity index (χ3n) is 3.11. The van der Waals surface area contributed by atoms with Gasteiger partial charge in [0.15, 0.2) is 12.1 Å². The summed E-state index contributed by atoms with van der Waals surface area (Å²) in [7, 11) is 0. The molecule has 0 aliphatic carbocycles. The Morgan fingerprint density at radius 2 is 1.80 bits per heavy atom. The zero-order valence-electron chi connectivity index (χ0n) is 11.0. The highest BCUT2D eigenvalue weighted by Gasteiger charge is 2.08. The van der Waals surface area contributed by atoms with E-state index in [1.54, 1.807) is 0 Å². The highest BCUT2D eigenvalue weighted by atomic mass is 16.1. The number of benzene rings is 2. The van der Waals surface area contributed by atoms with Crippen molar-refractivity contribution in [2.75, 3.05) is 5.32 Å². The van der Waals surface area contributed by atoms with E-state index in [1.807, 2.05) is 55.5 Å². The van der Waals surface area contributed by atoms with Crippen LogP contribution in [0.5, 0.6) is 0 Å². The molecule has 0 aliphatic heterocycles. The van der Waals surface area contributed by atoms with E-state index in [2.05, 4.69) is 15.5 Å². The number of aryl methyl sites for hydroxylation is 1. The van der Waals surface area contributed by atoms with Gasteiger partial charge in [-0.25, -0.2) is 0 Å². The van der Waals surface area contributed by atoms with E-state index in [-0.39, 0.29) is 0 Å². The molecule has 2 aromatic carbocycles. The molecule has 1 aromatic heterocycles. The number of nitrogens with one attached hydrogen (secondary N) is 1. The first kappa shape index (κ1) is 12.3. The molecule has 0 saturated heterocycles. The van der Waals surface area contributed by atoms with E-state index >= 15 is 0 Å². The van der Waals surface area contributed by atoms with Crippen LogP contribution in [0.25, 0.3) is 10.8 Å². The summed E-state index contributed by atoms with van der Waals surface area (Å²) in [5.74, 6) is 0.650. The number of hydrogen-bond acceptors (Lipinski definition) is 4. The van der Waals surface area contributed by atoms with E-state index in [0.717, 1.165) is 28.3 Å². The Hall–Kier alpha value is -2.75. The molecule has 0 amide bonds. The van der Waals surface area contributed by atoms with Crippen molar-refractivity contribution in [1.29, 1.82) is 0 Å². The lowest BCUT2D eigenvalue weighted by Crippen LogP contribution is -2.00. The lowest BCUT2D eigenvalue weighted by atomic mass is 10.1. The second kappa shape index (κ2) is 5.09. The highest BCUT2D eigenvalue weighted by Crippen LogP contribution is 2.25. The summed E-state index contributed by atoms with van der Waals surface area (Å²) >= 11 is 0. The SMILES string of the molecule is Cc1cccc(Nc2nnc(C=O)c3ccccc23)c1. The largest absolute Gasteiger partial charge is 0.338 e. The van der Waals surface area contributed by atoms with Crippen molar-refractivity contribution in [2.45, 2.75) is 6.92 Å². The molecule has 4 nitrogen and oxygen atoms in total. The molecule has 0 fully saturated rings. The molecule has 0 atom stereocenters. The number of rotatable bonds is 3. The van der Waals surface area contributed by atoms with Crippen molar-refractivity contribution in [3.63, 3.8) is 0 Å². The smallest absolute Gasteiger partial charge is 0.170 e. The molecule has 20 heavy (non-hydrogen) atoms. The summed E-state index contributed by atoms with van der Waals surface area (Å²) in [6.45, 7) is 2.03. The molecule has 3 aromatic rings. The van der Waals surface area contributed by atoms with Crippen LogP contribution < -0.4 is 5.32 Å². The Morgan fingerprint density at radius 1 is 1.00 bits per heavy atom. The van der Waals surface area contributed by atoms with Crippen LogP contribution in [0, 0.1) is 6.92 Å². The van der Waals surface area contributed by atoms with Gasteiger partial charge in [0.1, 0.15) is 5.69 Å². The van der Waals surface area contributed by atoms with Gasteiger partial charge in [0.2, 0.25) is 0 Å². The van der Waals surface area contributed by atoms with Gasteiger partial charge >= 0.3 is 0 Å². The van der Waals surface area contributed by atoms with E-state index < -0.39 is 0 Å². The van der Waals surface area contributed by atoms with Crippen molar-refractivity contribution in [2.24, 2.45) is 0 Å². The van der Waals surface area contributed by atoms with Crippen molar-refractivity contribution < 1.29 is 4.79 Å². The first-order valence-electron chi connectivity index (χ1n) is 6.32. The summed E-state index contributed by atoms with van der Waals surface area (Å²) in [6.07, 6.45) is 0.728. The first-order chi connectivity index (χ1) is 9.78. The van der Waals surface area contributed by atoms with Gasteiger partial charge in [-0.05, 0) is 24.6 Å². The van der Waals surface area contributed by atoms with Gasteiger partial charge in [0, 0.05) is 16.5 Å². The van der Waals surface area contributed by atoms with Crippen LogP contribution in [0.15, 0.2) is 48.5 Å². The predicted octanol–water partition coefficient (Wildman–Crippen LogP) is 3.49. The van der Waals surface area contributed by atoms with Crippen molar-refractivity contribution in [3.8, 4) is 0 Å². The number of aromatic nitrogens is 2. The molecular weight excluding hydrogens is 250 g/mol. The third kappa shape index (κ3) is 2.23. The maximum absolute atomic E-state index is 11.0. The van der Waals surface area contributed by atoms with Gasteiger partial charge in [-0.2, -0.15) is 0 Å². The summed E-state index contributed by atoms with van der Waals surface area (Å²) in [5.41, 5.74) is 2.47. The van der Waals surface area contributed by atoms with Crippen LogP contribution in [-0.2, 0) is 0 Å². The molecule has 4 heteroatoms. The zero-order chi connectivity index (χ0) is 13.9. The second-order valence-electron chi connectivity index (χ2n) is 4.59. The average Bonchev–Trinajstić information content (AvgIpc) is 2.48. The Balaban J connectivity index is 2.10. The lowest BCUT2D eigenvalue weighted by Gasteiger charge is -2.09. The van der Waals surface area contributed by atoms with E-state index in [1.165, 1.54) is 0 Å². The summed E-state index contributed by atoms with van der Waals surface area (Å²) < 4.78 is 0. The molecule has 3 rings (SSSR count). The van der Waals surface area contributed by atoms with Gasteiger partial charge in [-0.15, -0.1) is 10.2 Å². The summed E-state index contributed by atoms with van der Waals surface area (Å²) in [5, 5.41) is 13.0. The topological polar surface area (TPSA) is 54.9 Å². The van der Waals surface area contributed by atoms with Crippen LogP contribution in [0.2, 0.25) is 0 Å². The Kier molecular flexibility index (Phi) is 3.13. The quantitative estimate of drug-likeness (QED) is 0.735. The van der Waals surface area contributed by atoms with Crippen LogP contribution in [0.1, 0.15) is 16.1 Å². The number of anilines is 2. The third-order valence-corrected chi connectivity index (χ3v) is 3.11. The molecular formula is C16H13N3O. The van der Waals surface area contributed by atoms with Crippen molar-refractivity contribution >= 4 is 28.6 Å². The number of hydrogen-bond donors (Lipinski definition) is 1. The van der Waals surface area contributed by atoms with Crippen LogP contribution in [-0.4, -0.2) is 16.5 Å². The number of fused-ring (bicyclic) bond motifs is 1.